The average molecular weight is 460 g/mol. The van der Waals surface area contributed by atoms with Crippen molar-refractivity contribution in [3.8, 4) is 17.2 Å². The summed E-state index contributed by atoms with van der Waals surface area (Å²) in [4.78, 5) is 26.6. The molecule has 2 aromatic heterocycles. The lowest BCUT2D eigenvalue weighted by molar-refractivity contribution is -0.125. The number of nitrogen functional groups attached to an aromatic ring is 1. The molecule has 172 valence electrons. The lowest BCUT2D eigenvalue weighted by Gasteiger charge is -2.13. The van der Waals surface area contributed by atoms with Crippen molar-refractivity contribution in [2.75, 3.05) is 18.8 Å². The van der Waals surface area contributed by atoms with Crippen molar-refractivity contribution < 1.29 is 15.3 Å². The van der Waals surface area contributed by atoms with E-state index in [1.807, 2.05) is 6.20 Å². The third-order valence-corrected chi connectivity index (χ3v) is 6.01. The maximum absolute atomic E-state index is 14.1. The average Bonchev–Trinajstić information content (AvgIpc) is 3.50. The minimum Gasteiger partial charge on any atom is -0.454 e. The Bertz CT molecular complexity index is 1510. The zero-order chi connectivity index (χ0) is 24.7. The molecule has 1 saturated heterocycles. The van der Waals surface area contributed by atoms with Gasteiger partial charge in [-0.2, -0.15) is 5.10 Å². The van der Waals surface area contributed by atoms with Gasteiger partial charge in [0.1, 0.15) is 11.3 Å². The molecule has 1 aliphatic rings. The molecule has 1 atom stereocenters. The Balaban J connectivity index is 1.53. The monoisotopic (exact) mass is 460 g/mol. The number of benzene rings is 2. The molecule has 34 heavy (non-hydrogen) atoms. The number of anilines is 1. The van der Waals surface area contributed by atoms with Crippen LogP contribution in [0.2, 0.25) is 0 Å². The summed E-state index contributed by atoms with van der Waals surface area (Å²) in [7, 11) is 0. The van der Waals surface area contributed by atoms with E-state index in [1.54, 1.807) is 39.8 Å². The number of aromatic nitrogens is 3. The molecule has 0 bridgehead atoms. The summed E-state index contributed by atoms with van der Waals surface area (Å²) >= 11 is 0. The first-order chi connectivity index (χ1) is 16.9. The number of hydrogen-bond acceptors (Lipinski definition) is 5. The van der Waals surface area contributed by atoms with Crippen molar-refractivity contribution in [1.82, 2.24) is 19.7 Å². The number of rotatable bonds is 5. The van der Waals surface area contributed by atoms with Crippen molar-refractivity contribution in [3.05, 3.63) is 89.1 Å². The number of nitrogens with zero attached hydrogens (tertiary/aromatic N) is 3. The highest BCUT2D eigenvalue weighted by molar-refractivity contribution is 5.92. The third kappa shape index (κ3) is 3.71. The number of amides is 1. The van der Waals surface area contributed by atoms with Gasteiger partial charge in [-0.15, -0.1) is 0 Å². The number of halogens is 1. The Morgan fingerprint density at radius 1 is 1.32 bits per heavy atom. The Morgan fingerprint density at radius 2 is 2.12 bits per heavy atom. The number of aromatic amines is 1. The summed E-state index contributed by atoms with van der Waals surface area (Å²) in [5, 5.41) is 6.82. The summed E-state index contributed by atoms with van der Waals surface area (Å²) in [6.45, 7) is 4.59. The highest BCUT2D eigenvalue weighted by atomic mass is 19.1. The molecule has 0 unspecified atom stereocenters. The number of fused-ring (bicyclic) bond motifs is 1. The van der Waals surface area contributed by atoms with Crippen molar-refractivity contribution in [2.45, 2.75) is 12.3 Å². The maximum Gasteiger partial charge on any atom is 0.274 e. The largest absolute Gasteiger partial charge is 0.454 e. The quantitative estimate of drug-likeness (QED) is 0.442. The van der Waals surface area contributed by atoms with E-state index < -0.39 is 5.82 Å². The lowest BCUT2D eigenvalue weighted by Crippen LogP contribution is -2.26. The van der Waals surface area contributed by atoms with Crippen LogP contribution in [0, 0.1) is 5.82 Å². The second kappa shape index (κ2) is 8.51. The molecule has 3 heterocycles. The Hall–Kier alpha value is -4.40. The number of ether oxygens (including phenoxy) is 1. The van der Waals surface area contributed by atoms with Gasteiger partial charge in [-0.3, -0.25) is 9.59 Å². The number of H-pyrrole nitrogens is 1. The Kier molecular flexibility index (Phi) is 5.06. The van der Waals surface area contributed by atoms with Gasteiger partial charge in [0, 0.05) is 30.9 Å². The Labute approximate surface area is 195 Å². The first-order valence-corrected chi connectivity index (χ1v) is 10.7. The van der Waals surface area contributed by atoms with Gasteiger partial charge in [0.2, 0.25) is 5.91 Å². The fourth-order valence-corrected chi connectivity index (χ4v) is 4.37. The number of carbonyl (C=O) groups excluding carboxylic acids is 1. The van der Waals surface area contributed by atoms with Gasteiger partial charge < -0.3 is 19.9 Å². The topological polar surface area (TPSA) is 106 Å². The van der Waals surface area contributed by atoms with Crippen LogP contribution in [0.5, 0.6) is 11.5 Å². The van der Waals surface area contributed by atoms with Crippen LogP contribution in [-0.2, 0) is 4.79 Å². The number of para-hydroxylation sites is 1. The zero-order valence-corrected chi connectivity index (χ0v) is 18.1. The van der Waals surface area contributed by atoms with Gasteiger partial charge in [-0.1, -0.05) is 18.7 Å². The Morgan fingerprint density at radius 3 is 2.88 bits per heavy atom. The van der Waals surface area contributed by atoms with Crippen molar-refractivity contribution >= 4 is 22.6 Å². The molecule has 0 radical (unpaired) electrons. The normalized spacial score (nSPS) is 16.0. The highest BCUT2D eigenvalue weighted by Gasteiger charge is 2.30. The van der Waals surface area contributed by atoms with E-state index in [2.05, 4.69) is 16.8 Å². The molecule has 8 nitrogen and oxygen atoms in total. The number of carbonyl (C=O) groups is 1. The minimum absolute atomic E-state index is 0.0428. The molecule has 1 aliphatic heterocycles. The molecule has 5 rings (SSSR count). The molecular formula is C25H22FN5O3. The first kappa shape index (κ1) is 20.2. The molecule has 1 fully saturated rings. The lowest BCUT2D eigenvalue weighted by atomic mass is 9.99. The van der Waals surface area contributed by atoms with Crippen LogP contribution in [0.1, 0.15) is 19.3 Å². The zero-order valence-electron chi connectivity index (χ0n) is 19.1. The van der Waals surface area contributed by atoms with Gasteiger partial charge in [0.25, 0.3) is 5.56 Å². The molecule has 3 N–H and O–H groups in total. The summed E-state index contributed by atoms with van der Waals surface area (Å²) < 4.78 is 29.1. The molecule has 1 amide bonds. The van der Waals surface area contributed by atoms with Crippen LogP contribution >= 0.6 is 0 Å². The van der Waals surface area contributed by atoms with E-state index in [4.69, 9.17) is 11.8 Å². The summed E-state index contributed by atoms with van der Waals surface area (Å²) in [5.41, 5.74) is 7.76. The fraction of sp³-hybridized carbons (Fsp3) is 0.160. The van der Waals surface area contributed by atoms with E-state index in [0.29, 0.717) is 41.9 Å². The van der Waals surface area contributed by atoms with Crippen LogP contribution in [0.15, 0.2) is 72.2 Å². The number of nitrogens with one attached hydrogen (secondary N) is 1. The molecule has 0 aliphatic carbocycles. The summed E-state index contributed by atoms with van der Waals surface area (Å²) in [6, 6.07) is 10.9. The summed E-state index contributed by atoms with van der Waals surface area (Å²) in [6.07, 6.45) is 3.84. The first-order valence-electron chi connectivity index (χ1n) is 11.2. The van der Waals surface area contributed by atoms with E-state index in [-0.39, 0.29) is 35.0 Å². The molecule has 4 aromatic rings. The predicted octanol–water partition coefficient (Wildman–Crippen LogP) is 3.73. The molecular weight excluding hydrogens is 437 g/mol. The van der Waals surface area contributed by atoms with Gasteiger partial charge in [-0.05, 0) is 54.4 Å². The van der Waals surface area contributed by atoms with Gasteiger partial charge in [0.05, 0.1) is 6.76 Å². The second-order valence-electron chi connectivity index (χ2n) is 8.03. The van der Waals surface area contributed by atoms with Crippen LogP contribution in [0.25, 0.3) is 16.6 Å². The van der Waals surface area contributed by atoms with Gasteiger partial charge >= 0.3 is 0 Å². The molecule has 9 heteroatoms. The van der Waals surface area contributed by atoms with Crippen LogP contribution in [0.4, 0.5) is 10.2 Å². The third-order valence-electron chi connectivity index (χ3n) is 6.01. The smallest absolute Gasteiger partial charge is 0.274 e. The van der Waals surface area contributed by atoms with E-state index in [1.165, 1.54) is 18.2 Å². The SMILES string of the molecule is [2H]c1cccc(Oc2ccc(-n3cc([C@@H]4CCN(C(=O)C=C)C4)c4c(=O)[nH]nc(N)c43)cc2)c1F. The molecule has 0 saturated carbocycles. The van der Waals surface area contributed by atoms with E-state index in [0.717, 1.165) is 5.56 Å². The van der Waals surface area contributed by atoms with Crippen molar-refractivity contribution in [3.63, 3.8) is 0 Å². The summed E-state index contributed by atoms with van der Waals surface area (Å²) in [5.74, 6) is -0.427. The van der Waals surface area contributed by atoms with Crippen molar-refractivity contribution in [1.29, 1.82) is 0 Å². The standard InChI is InChI=1S/C25H22FN5O3/c1-2-21(32)30-12-11-15(13-30)18-14-31(23-22(18)25(33)29-28-24(23)27)16-7-9-17(10-8-16)34-20-6-4-3-5-19(20)26/h2-10,14-15H,1,11-13H2,(H2,27,28)(H,29,33)/t15-/m1/s1/i5D. The van der Waals surface area contributed by atoms with E-state index in [9.17, 15) is 14.0 Å². The van der Waals surface area contributed by atoms with Crippen LogP contribution in [-0.4, -0.2) is 38.7 Å². The van der Waals surface area contributed by atoms with Crippen LogP contribution in [0.3, 0.4) is 0 Å². The predicted molar refractivity (Wildman–Crippen MR) is 127 cm³/mol. The van der Waals surface area contributed by atoms with E-state index >= 15 is 0 Å². The van der Waals surface area contributed by atoms with Gasteiger partial charge in [0.15, 0.2) is 17.4 Å². The maximum atomic E-state index is 14.1. The fourth-order valence-electron chi connectivity index (χ4n) is 4.37. The van der Waals surface area contributed by atoms with Crippen molar-refractivity contribution in [2.24, 2.45) is 0 Å². The van der Waals surface area contributed by atoms with Gasteiger partial charge in [-0.25, -0.2) is 9.49 Å². The molecule has 2 aromatic carbocycles. The number of hydrogen-bond donors (Lipinski definition) is 2. The molecule has 0 spiro atoms. The number of likely N-dealkylation sites (tertiary alicyclic amines) is 1. The number of nitrogens with two attached hydrogens (primary N) is 1. The second-order valence-corrected chi connectivity index (χ2v) is 8.03. The minimum atomic E-state index is -0.740. The highest BCUT2D eigenvalue weighted by Crippen LogP contribution is 2.35. The van der Waals surface area contributed by atoms with Crippen LogP contribution < -0.4 is 16.0 Å².